The molecule has 0 aliphatic carbocycles. The van der Waals surface area contributed by atoms with Crippen LogP contribution in [-0.4, -0.2) is 36.6 Å². The second kappa shape index (κ2) is 7.45. The molecule has 0 aliphatic heterocycles. The highest BCUT2D eigenvalue weighted by Gasteiger charge is 2.24. The Bertz CT molecular complexity index is 848. The van der Waals surface area contributed by atoms with Gasteiger partial charge in [0.05, 0.1) is 0 Å². The molecule has 0 saturated carbocycles. The van der Waals surface area contributed by atoms with Gasteiger partial charge >= 0.3 is 0 Å². The zero-order chi connectivity index (χ0) is 17.9. The van der Waals surface area contributed by atoms with Crippen LogP contribution in [0.15, 0.2) is 34.2 Å². The summed E-state index contributed by atoms with van der Waals surface area (Å²) in [7, 11) is -3.52. The van der Waals surface area contributed by atoms with Crippen LogP contribution < -0.4 is 11.1 Å². The van der Waals surface area contributed by atoms with E-state index >= 15 is 0 Å². The van der Waals surface area contributed by atoms with Crippen molar-refractivity contribution in [2.75, 3.05) is 18.2 Å². The molecule has 2 aromatic rings. The smallest absolute Gasteiger partial charge is 0.242 e. The molecule has 1 amide bonds. The minimum atomic E-state index is -3.52. The van der Waals surface area contributed by atoms with Gasteiger partial charge in [0.15, 0.2) is 9.84 Å². The summed E-state index contributed by atoms with van der Waals surface area (Å²) in [5.74, 6) is -0.365. The van der Waals surface area contributed by atoms with E-state index in [0.29, 0.717) is 11.6 Å². The molecular weight excluding hydrogens is 372 g/mol. The number of anilines is 1. The van der Waals surface area contributed by atoms with Gasteiger partial charge in [-0.2, -0.15) is 5.10 Å². The summed E-state index contributed by atoms with van der Waals surface area (Å²) in [4.78, 5) is 12.0. The molecule has 0 aliphatic rings. The number of nitrogens with zero attached hydrogens (tertiary/aromatic N) is 2. The molecule has 0 bridgehead atoms. The molecule has 1 heterocycles. The number of rotatable bonds is 6. The van der Waals surface area contributed by atoms with E-state index in [4.69, 9.17) is 17.3 Å². The zero-order valence-electron chi connectivity index (χ0n) is 13.1. The van der Waals surface area contributed by atoms with Gasteiger partial charge in [0, 0.05) is 17.8 Å². The van der Waals surface area contributed by atoms with Crippen molar-refractivity contribution in [3.05, 3.63) is 34.9 Å². The van der Waals surface area contributed by atoms with E-state index in [9.17, 15) is 13.2 Å². The minimum absolute atomic E-state index is 0.0384. The van der Waals surface area contributed by atoms with Crippen molar-refractivity contribution in [3.63, 3.8) is 0 Å². The Morgan fingerprint density at radius 3 is 2.50 bits per heavy atom. The van der Waals surface area contributed by atoms with Crippen LogP contribution in [0, 0.1) is 0 Å². The number of benzene rings is 1. The molecule has 1 aromatic carbocycles. The minimum Gasteiger partial charge on any atom is -0.383 e. The third-order valence-corrected chi connectivity index (χ3v) is 5.37. The standard InChI is InChI=1S/C14H17ClN4O3S2/c1-23-14-12(24(2,21)22)13(16)19(18-14)8-11(20)17-7-9-3-5-10(15)6-4-9/h3-6H,7-8,16H2,1-2H3,(H,17,20). The number of halogens is 1. The number of nitrogen functional groups attached to an aromatic ring is 1. The fourth-order valence-electron chi connectivity index (χ4n) is 2.03. The SMILES string of the molecule is CSc1nn(CC(=O)NCc2ccc(Cl)cc2)c(N)c1S(C)(=O)=O. The highest BCUT2D eigenvalue weighted by molar-refractivity contribution is 7.99. The molecule has 0 atom stereocenters. The summed E-state index contributed by atoms with van der Waals surface area (Å²) in [6, 6.07) is 7.08. The first kappa shape index (κ1) is 18.6. The molecule has 10 heteroatoms. The third-order valence-electron chi connectivity index (χ3n) is 3.18. The maximum atomic E-state index is 12.1. The maximum Gasteiger partial charge on any atom is 0.242 e. The van der Waals surface area contributed by atoms with Gasteiger partial charge in [0.25, 0.3) is 0 Å². The molecule has 24 heavy (non-hydrogen) atoms. The number of hydrogen-bond acceptors (Lipinski definition) is 6. The Hall–Kier alpha value is -1.71. The first-order chi connectivity index (χ1) is 11.2. The molecule has 0 spiro atoms. The number of amides is 1. The summed E-state index contributed by atoms with van der Waals surface area (Å²) in [6.45, 7) is 0.161. The van der Waals surface area contributed by atoms with Crippen molar-refractivity contribution < 1.29 is 13.2 Å². The predicted molar refractivity (Wildman–Crippen MR) is 94.8 cm³/mol. The Morgan fingerprint density at radius 1 is 1.38 bits per heavy atom. The van der Waals surface area contributed by atoms with Crippen molar-refractivity contribution in [1.82, 2.24) is 15.1 Å². The molecule has 130 valence electrons. The summed E-state index contributed by atoms with van der Waals surface area (Å²) in [6.07, 6.45) is 2.76. The van der Waals surface area contributed by atoms with Crippen LogP contribution in [0.25, 0.3) is 0 Å². The quantitative estimate of drug-likeness (QED) is 0.727. The van der Waals surface area contributed by atoms with E-state index in [-0.39, 0.29) is 28.2 Å². The first-order valence-electron chi connectivity index (χ1n) is 6.84. The number of carbonyl (C=O) groups is 1. The predicted octanol–water partition coefficient (Wildman–Crippen LogP) is 1.56. The second-order valence-corrected chi connectivity index (χ2v) is 8.24. The van der Waals surface area contributed by atoms with Gasteiger partial charge < -0.3 is 11.1 Å². The fourth-order valence-corrected chi connectivity index (χ4v) is 4.18. The average molecular weight is 389 g/mol. The first-order valence-corrected chi connectivity index (χ1v) is 10.3. The number of nitrogens with one attached hydrogen (secondary N) is 1. The Kier molecular flexibility index (Phi) is 5.79. The molecular formula is C14H17ClN4O3S2. The molecule has 0 fully saturated rings. The monoisotopic (exact) mass is 388 g/mol. The number of thioether (sulfide) groups is 1. The molecule has 0 unspecified atom stereocenters. The fraction of sp³-hybridized carbons (Fsp3) is 0.286. The number of hydrogen-bond donors (Lipinski definition) is 2. The van der Waals surface area contributed by atoms with Crippen LogP contribution in [-0.2, 0) is 27.7 Å². The van der Waals surface area contributed by atoms with Gasteiger partial charge in [0.1, 0.15) is 22.3 Å². The van der Waals surface area contributed by atoms with Crippen molar-refractivity contribution in [3.8, 4) is 0 Å². The largest absolute Gasteiger partial charge is 0.383 e. The summed E-state index contributed by atoms with van der Waals surface area (Å²) >= 11 is 6.96. The lowest BCUT2D eigenvalue weighted by Gasteiger charge is -2.07. The molecule has 1 aromatic heterocycles. The molecule has 7 nitrogen and oxygen atoms in total. The van der Waals surface area contributed by atoms with E-state index in [0.717, 1.165) is 23.6 Å². The van der Waals surface area contributed by atoms with Crippen molar-refractivity contribution in [2.24, 2.45) is 0 Å². The number of nitrogens with two attached hydrogens (primary N) is 1. The normalized spacial score (nSPS) is 11.5. The maximum absolute atomic E-state index is 12.1. The van der Waals surface area contributed by atoms with Gasteiger partial charge in [-0.15, -0.1) is 11.8 Å². The van der Waals surface area contributed by atoms with Gasteiger partial charge in [-0.3, -0.25) is 4.79 Å². The van der Waals surface area contributed by atoms with Gasteiger partial charge in [0.2, 0.25) is 5.91 Å². The van der Waals surface area contributed by atoms with Crippen LogP contribution in [0.1, 0.15) is 5.56 Å². The zero-order valence-corrected chi connectivity index (χ0v) is 15.5. The van der Waals surface area contributed by atoms with Crippen LogP contribution in [0.2, 0.25) is 5.02 Å². The topological polar surface area (TPSA) is 107 Å². The van der Waals surface area contributed by atoms with Crippen molar-refractivity contribution in [1.29, 1.82) is 0 Å². The van der Waals surface area contributed by atoms with Gasteiger partial charge in [-0.25, -0.2) is 13.1 Å². The summed E-state index contributed by atoms with van der Waals surface area (Å²) in [5, 5.41) is 7.72. The lowest BCUT2D eigenvalue weighted by molar-refractivity contribution is -0.122. The lowest BCUT2D eigenvalue weighted by Crippen LogP contribution is -2.28. The number of sulfone groups is 1. The second-order valence-electron chi connectivity index (χ2n) is 5.06. The van der Waals surface area contributed by atoms with Crippen LogP contribution in [0.4, 0.5) is 5.82 Å². The van der Waals surface area contributed by atoms with Crippen LogP contribution in [0.5, 0.6) is 0 Å². The Balaban J connectivity index is 2.09. The van der Waals surface area contributed by atoms with E-state index < -0.39 is 9.84 Å². The molecule has 3 N–H and O–H groups in total. The lowest BCUT2D eigenvalue weighted by atomic mass is 10.2. The van der Waals surface area contributed by atoms with E-state index in [1.807, 2.05) is 0 Å². The Morgan fingerprint density at radius 2 is 2.00 bits per heavy atom. The molecule has 2 rings (SSSR count). The van der Waals surface area contributed by atoms with Crippen LogP contribution >= 0.6 is 23.4 Å². The van der Waals surface area contributed by atoms with Crippen molar-refractivity contribution >= 4 is 44.9 Å². The van der Waals surface area contributed by atoms with E-state index in [1.165, 1.54) is 4.68 Å². The van der Waals surface area contributed by atoms with Crippen molar-refractivity contribution in [2.45, 2.75) is 23.0 Å². The molecule has 0 saturated heterocycles. The summed E-state index contributed by atoms with van der Waals surface area (Å²) in [5.41, 5.74) is 6.74. The third kappa shape index (κ3) is 4.43. The number of carbonyl (C=O) groups excluding carboxylic acids is 1. The Labute approximate surface area is 149 Å². The van der Waals surface area contributed by atoms with Gasteiger partial charge in [-0.1, -0.05) is 23.7 Å². The highest BCUT2D eigenvalue weighted by Crippen LogP contribution is 2.29. The van der Waals surface area contributed by atoms with E-state index in [1.54, 1.807) is 30.5 Å². The van der Waals surface area contributed by atoms with Gasteiger partial charge in [-0.05, 0) is 24.0 Å². The van der Waals surface area contributed by atoms with Crippen LogP contribution in [0.3, 0.4) is 0 Å². The summed E-state index contributed by atoms with van der Waals surface area (Å²) < 4.78 is 24.8. The average Bonchev–Trinajstić information content (AvgIpc) is 2.83. The number of aromatic nitrogens is 2. The highest BCUT2D eigenvalue weighted by atomic mass is 35.5. The van der Waals surface area contributed by atoms with E-state index in [2.05, 4.69) is 10.4 Å². The molecule has 0 radical (unpaired) electrons.